The van der Waals surface area contributed by atoms with Crippen LogP contribution in [0.1, 0.15) is 30.8 Å². The molecule has 0 fully saturated rings. The van der Waals surface area contributed by atoms with Crippen molar-refractivity contribution in [3.05, 3.63) is 75.8 Å². The third-order valence-corrected chi connectivity index (χ3v) is 7.81. The van der Waals surface area contributed by atoms with Crippen LogP contribution in [0, 0.1) is 10.5 Å². The van der Waals surface area contributed by atoms with Crippen molar-refractivity contribution in [1.82, 2.24) is 29.4 Å². The van der Waals surface area contributed by atoms with E-state index in [1.807, 2.05) is 0 Å². The molecule has 42 heavy (non-hydrogen) atoms. The molecule has 0 aliphatic carbocycles. The van der Waals surface area contributed by atoms with Gasteiger partial charge in [-0.1, -0.05) is 39.1 Å². The normalized spacial score (nSPS) is 11.8. The molecule has 1 aromatic carbocycles. The molecular weight excluding hydrogens is 660 g/mol. The van der Waals surface area contributed by atoms with Crippen LogP contribution in [0.2, 0.25) is 0 Å². The lowest BCUT2D eigenvalue weighted by Crippen LogP contribution is -2.29. The van der Waals surface area contributed by atoms with Gasteiger partial charge in [0.25, 0.3) is 0 Å². The van der Waals surface area contributed by atoms with Crippen molar-refractivity contribution in [2.75, 3.05) is 42.2 Å². The smallest absolute Gasteiger partial charge is 0.368 e. The van der Waals surface area contributed by atoms with Crippen molar-refractivity contribution < 1.29 is 13.2 Å². The Labute approximate surface area is 252 Å². The first kappa shape index (κ1) is 31.0. The first-order valence-electron chi connectivity index (χ1n) is 13.2. The largest absolute Gasteiger partial charge is 0.416 e. The average Bonchev–Trinajstić information content (AvgIpc) is 3.42. The molecule has 4 rings (SSSR count). The Kier molecular flexibility index (Phi) is 10.6. The van der Waals surface area contributed by atoms with E-state index in [0.29, 0.717) is 28.7 Å². The summed E-state index contributed by atoms with van der Waals surface area (Å²) in [5.41, 5.74) is 4.40. The molecule has 3 N–H and O–H groups in total. The van der Waals surface area contributed by atoms with Crippen molar-refractivity contribution >= 4 is 54.6 Å². The minimum atomic E-state index is -4.51. The Morgan fingerprint density at radius 1 is 1.07 bits per heavy atom. The highest BCUT2D eigenvalue weighted by Gasteiger charge is 2.31. The van der Waals surface area contributed by atoms with Gasteiger partial charge in [0.1, 0.15) is 5.82 Å². The van der Waals surface area contributed by atoms with Crippen LogP contribution in [0.25, 0.3) is 5.69 Å². The molecule has 14 heteroatoms. The Morgan fingerprint density at radius 3 is 2.52 bits per heavy atom. The van der Waals surface area contributed by atoms with E-state index in [9.17, 15) is 13.2 Å². The summed E-state index contributed by atoms with van der Waals surface area (Å²) in [7, 11) is 0. The summed E-state index contributed by atoms with van der Waals surface area (Å²) in [5.74, 6) is 1.09. The van der Waals surface area contributed by atoms with E-state index >= 15 is 0 Å². The number of alkyl halides is 3. The van der Waals surface area contributed by atoms with Crippen LogP contribution in [0.4, 0.5) is 36.3 Å². The molecule has 0 amide bonds. The van der Waals surface area contributed by atoms with Gasteiger partial charge in [-0.15, -0.1) is 0 Å². The predicted molar refractivity (Wildman–Crippen MR) is 170 cm³/mol. The van der Waals surface area contributed by atoms with Gasteiger partial charge in [-0.2, -0.15) is 23.3 Å². The quantitative estimate of drug-likeness (QED) is 0.0904. The van der Waals surface area contributed by atoms with E-state index in [0.717, 1.165) is 47.7 Å². The fraction of sp³-hybridized carbons (Fsp3) is 0.286. The summed E-state index contributed by atoms with van der Waals surface area (Å²) < 4.78 is 47.3. The molecule has 10 nitrogen and oxygen atoms in total. The summed E-state index contributed by atoms with van der Waals surface area (Å²) in [4.78, 5) is 19.6. The van der Waals surface area contributed by atoms with Crippen molar-refractivity contribution in [2.24, 2.45) is 5.10 Å². The van der Waals surface area contributed by atoms with E-state index in [4.69, 9.17) is 0 Å². The topological polar surface area (TPSA) is 108 Å². The summed E-state index contributed by atoms with van der Waals surface area (Å²) in [6, 6.07) is 7.15. The minimum absolute atomic E-state index is 0.267. The number of halogens is 4. The Hall–Kier alpha value is -3.92. The number of likely N-dealkylation sites (N-methyl/N-ethyl adjacent to an activating group) is 1. The molecule has 4 aromatic rings. The molecular formula is C28H32F3IN10. The number of aryl methyl sites for hydroxylation is 1. The maximum Gasteiger partial charge on any atom is 0.416 e. The molecule has 0 spiro atoms. The Bertz CT molecular complexity index is 1520. The highest BCUT2D eigenvalue weighted by atomic mass is 127. The van der Waals surface area contributed by atoms with Crippen LogP contribution in [-0.4, -0.2) is 66.3 Å². The number of imidazole rings is 1. The number of anilines is 4. The average molecular weight is 693 g/mol. The van der Waals surface area contributed by atoms with Gasteiger partial charge in [0.15, 0.2) is 0 Å². The minimum Gasteiger partial charge on any atom is -0.368 e. The highest BCUT2D eigenvalue weighted by Crippen LogP contribution is 2.34. The summed E-state index contributed by atoms with van der Waals surface area (Å²) in [5, 5.41) is 10.6. The number of pyridine rings is 1. The van der Waals surface area contributed by atoms with E-state index in [1.165, 1.54) is 18.7 Å². The van der Waals surface area contributed by atoms with E-state index in [-0.39, 0.29) is 5.69 Å². The number of hydrogen-bond acceptors (Lipinski definition) is 9. The lowest BCUT2D eigenvalue weighted by molar-refractivity contribution is -0.137. The van der Waals surface area contributed by atoms with Crippen LogP contribution in [0.5, 0.6) is 0 Å². The van der Waals surface area contributed by atoms with Crippen LogP contribution in [0.15, 0.2) is 60.4 Å². The second-order valence-electron chi connectivity index (χ2n) is 9.13. The summed E-state index contributed by atoms with van der Waals surface area (Å²) >= 11 is -0.453. The Morgan fingerprint density at radius 2 is 1.88 bits per heavy atom. The SMILES string of the molecule is C=Ic1cnc(N/N=C\c2ccc(Nc3cc(-n4cnc(C)c4)cc(C(F)(F)F)c3)cn2)nc1NCCN(CC)CC. The number of hydrazone groups is 1. The first-order valence-corrected chi connectivity index (χ1v) is 15.8. The van der Waals surface area contributed by atoms with Gasteiger partial charge < -0.3 is 20.1 Å². The van der Waals surface area contributed by atoms with Crippen molar-refractivity contribution in [3.8, 4) is 5.69 Å². The Balaban J connectivity index is 1.41. The number of nitrogens with zero attached hydrogens (tertiary/aromatic N) is 7. The molecule has 0 bridgehead atoms. The first-order chi connectivity index (χ1) is 20.2. The molecule has 0 unspecified atom stereocenters. The van der Waals surface area contributed by atoms with Crippen LogP contribution in [0.3, 0.4) is 0 Å². The molecule has 3 aromatic heterocycles. The standard InChI is InChI=1S/C28H32F3IN10/c1-5-41(6-2)10-9-33-26-25(32-4)16-35-27(39-26)40-37-15-21-7-8-22(14-34-21)38-23-11-20(28(29,30)31)12-24(13-23)42-17-19(3)36-18-42/h7-8,11-18,38H,4-6,9-10H2,1-3H3,(H2,33,35,39,40)/b37-15-. The van der Waals surface area contributed by atoms with Crippen LogP contribution in [-0.2, 0) is 6.18 Å². The van der Waals surface area contributed by atoms with Gasteiger partial charge in [0.05, 0.1) is 44.9 Å². The van der Waals surface area contributed by atoms with Gasteiger partial charge >= 0.3 is 6.18 Å². The fourth-order valence-electron chi connectivity index (χ4n) is 3.95. The zero-order valence-electron chi connectivity index (χ0n) is 23.5. The fourth-order valence-corrected chi connectivity index (χ4v) is 4.96. The monoisotopic (exact) mass is 692 g/mol. The lowest BCUT2D eigenvalue weighted by atomic mass is 10.1. The van der Waals surface area contributed by atoms with Gasteiger partial charge in [-0.25, -0.2) is 15.4 Å². The zero-order valence-corrected chi connectivity index (χ0v) is 25.6. The van der Waals surface area contributed by atoms with Gasteiger partial charge in [-0.3, -0.25) is 4.98 Å². The van der Waals surface area contributed by atoms with Crippen molar-refractivity contribution in [1.29, 1.82) is 0 Å². The predicted octanol–water partition coefficient (Wildman–Crippen LogP) is 5.90. The summed E-state index contributed by atoms with van der Waals surface area (Å²) in [6.45, 7) is 9.68. The number of aromatic nitrogens is 5. The maximum absolute atomic E-state index is 13.6. The van der Waals surface area contributed by atoms with Gasteiger partial charge in [0, 0.05) is 36.9 Å². The molecule has 0 radical (unpaired) electrons. The third kappa shape index (κ3) is 8.55. The summed E-state index contributed by atoms with van der Waals surface area (Å²) in [6.07, 6.45) is 3.42. The van der Waals surface area contributed by atoms with Crippen LogP contribution >= 0.6 is 20.7 Å². The van der Waals surface area contributed by atoms with E-state index in [2.05, 4.69) is 64.4 Å². The highest BCUT2D eigenvalue weighted by molar-refractivity contribution is 14.2. The molecule has 0 saturated carbocycles. The molecule has 0 aliphatic rings. The second kappa shape index (κ2) is 14.3. The molecule has 222 valence electrons. The number of nitrogens with one attached hydrogen (secondary N) is 3. The number of rotatable bonds is 13. The van der Waals surface area contributed by atoms with Gasteiger partial charge in [-0.05, 0) is 50.3 Å². The second-order valence-corrected chi connectivity index (χ2v) is 11.1. The van der Waals surface area contributed by atoms with E-state index < -0.39 is 32.5 Å². The molecule has 0 saturated heterocycles. The zero-order chi connectivity index (χ0) is 30.1. The van der Waals surface area contributed by atoms with Crippen molar-refractivity contribution in [2.45, 2.75) is 26.9 Å². The molecule has 0 aliphatic heterocycles. The molecule has 3 heterocycles. The maximum atomic E-state index is 13.6. The third-order valence-electron chi connectivity index (χ3n) is 6.19. The molecule has 0 atom stereocenters. The van der Waals surface area contributed by atoms with Gasteiger partial charge in [0.2, 0.25) is 5.95 Å². The number of benzene rings is 1. The van der Waals surface area contributed by atoms with Crippen molar-refractivity contribution in [3.63, 3.8) is 0 Å². The number of hydrogen-bond donors (Lipinski definition) is 3. The van der Waals surface area contributed by atoms with E-state index in [1.54, 1.807) is 42.1 Å². The lowest BCUT2D eigenvalue weighted by Gasteiger charge is -2.18. The van der Waals surface area contributed by atoms with Crippen LogP contribution < -0.4 is 16.1 Å².